The number of ether oxygens (including phenoxy) is 1. The molecule has 9 aromatic rings. The van der Waals surface area contributed by atoms with Crippen molar-refractivity contribution in [3.05, 3.63) is 132 Å². The first-order valence-electron chi connectivity index (χ1n) is 15.9. The van der Waals surface area contributed by atoms with Crippen molar-refractivity contribution in [2.24, 2.45) is 0 Å². The summed E-state index contributed by atoms with van der Waals surface area (Å²) in [5.41, 5.74) is 15.7. The van der Waals surface area contributed by atoms with E-state index in [-0.39, 0.29) is 0 Å². The van der Waals surface area contributed by atoms with Crippen LogP contribution in [0.2, 0.25) is 10.0 Å². The van der Waals surface area contributed by atoms with Crippen LogP contribution in [0.15, 0.2) is 122 Å². The molecule has 0 aliphatic rings. The van der Waals surface area contributed by atoms with Crippen molar-refractivity contribution in [3.63, 3.8) is 0 Å². The Balaban J connectivity index is 1.42. The van der Waals surface area contributed by atoms with Crippen LogP contribution < -0.4 is 10.5 Å². The molecule has 7 nitrogen and oxygen atoms in total. The van der Waals surface area contributed by atoms with E-state index in [0.717, 1.165) is 72.0 Å². The largest absolute Gasteiger partial charge is 0.497 e. The van der Waals surface area contributed by atoms with Crippen molar-refractivity contribution in [1.82, 2.24) is 24.9 Å². The van der Waals surface area contributed by atoms with Gasteiger partial charge in [-0.25, -0.2) is 19.9 Å². The van der Waals surface area contributed by atoms with E-state index in [1.54, 1.807) is 7.11 Å². The summed E-state index contributed by atoms with van der Waals surface area (Å²) in [6, 6.07) is 38.0. The maximum atomic E-state index is 6.77. The molecule has 5 aromatic carbocycles. The third-order valence-corrected chi connectivity index (χ3v) is 9.61. The van der Waals surface area contributed by atoms with Gasteiger partial charge in [0.1, 0.15) is 17.9 Å². The molecular weight excluding hydrogens is 663 g/mol. The first-order chi connectivity index (χ1) is 24.4. The molecule has 0 saturated heterocycles. The Morgan fingerprint density at radius 3 is 2.26 bits per heavy atom. The van der Waals surface area contributed by atoms with Crippen LogP contribution in [-0.2, 0) is 0 Å². The van der Waals surface area contributed by atoms with Crippen molar-refractivity contribution in [1.29, 1.82) is 0 Å². The molecule has 3 N–H and O–H groups in total. The summed E-state index contributed by atoms with van der Waals surface area (Å²) in [5, 5.41) is 5.66. The van der Waals surface area contributed by atoms with Crippen molar-refractivity contribution in [2.45, 2.75) is 0 Å². The summed E-state index contributed by atoms with van der Waals surface area (Å²) in [5.74, 6) is 1.11. The molecule has 0 atom stereocenters. The van der Waals surface area contributed by atoms with Crippen LogP contribution in [-0.4, -0.2) is 32.0 Å². The number of nitrogens with two attached hydrogens (primary N) is 1. The van der Waals surface area contributed by atoms with Gasteiger partial charge in [-0.3, -0.25) is 0 Å². The van der Waals surface area contributed by atoms with E-state index in [2.05, 4.69) is 52.4 Å². The van der Waals surface area contributed by atoms with E-state index in [0.29, 0.717) is 38.1 Å². The number of methoxy groups -OCH3 is 1. The number of aromatic amines is 1. The maximum absolute atomic E-state index is 6.77. The van der Waals surface area contributed by atoms with Gasteiger partial charge >= 0.3 is 0 Å². The van der Waals surface area contributed by atoms with Gasteiger partial charge in [0.15, 0.2) is 5.65 Å². The minimum atomic E-state index is 0.313. The highest BCUT2D eigenvalue weighted by molar-refractivity contribution is 6.32. The number of aromatic nitrogens is 5. The van der Waals surface area contributed by atoms with Crippen molar-refractivity contribution < 1.29 is 4.74 Å². The summed E-state index contributed by atoms with van der Waals surface area (Å²) in [7, 11) is 1.67. The van der Waals surface area contributed by atoms with Gasteiger partial charge in [0.2, 0.25) is 0 Å². The molecule has 0 radical (unpaired) electrons. The monoisotopic (exact) mass is 688 g/mol. The minimum absolute atomic E-state index is 0.313. The van der Waals surface area contributed by atoms with Crippen LogP contribution in [0.1, 0.15) is 0 Å². The van der Waals surface area contributed by atoms with Crippen molar-refractivity contribution >= 4 is 72.6 Å². The molecule has 0 aliphatic heterocycles. The van der Waals surface area contributed by atoms with Gasteiger partial charge in [0.25, 0.3) is 0 Å². The van der Waals surface area contributed by atoms with Gasteiger partial charge < -0.3 is 15.5 Å². The zero-order valence-corrected chi connectivity index (χ0v) is 28.1. The summed E-state index contributed by atoms with van der Waals surface area (Å²) in [4.78, 5) is 23.5. The van der Waals surface area contributed by atoms with Crippen molar-refractivity contribution in [2.75, 3.05) is 12.8 Å². The number of nitrogens with one attached hydrogen (secondary N) is 1. The molecule has 0 bridgehead atoms. The Labute approximate surface area is 296 Å². The third-order valence-electron chi connectivity index (χ3n) is 9.13. The molecule has 0 spiro atoms. The van der Waals surface area contributed by atoms with Gasteiger partial charge in [-0.1, -0.05) is 83.9 Å². The minimum Gasteiger partial charge on any atom is -0.497 e. The van der Waals surface area contributed by atoms with E-state index in [4.69, 9.17) is 48.6 Å². The topological polar surface area (TPSA) is 103 Å². The van der Waals surface area contributed by atoms with Gasteiger partial charge in [-0.05, 0) is 82.1 Å². The highest BCUT2D eigenvalue weighted by atomic mass is 35.5. The zero-order valence-electron chi connectivity index (χ0n) is 26.6. The molecule has 0 fully saturated rings. The molecule has 240 valence electrons. The number of anilines is 1. The lowest BCUT2D eigenvalue weighted by Gasteiger charge is -2.16. The predicted octanol–water partition coefficient (Wildman–Crippen LogP) is 10.8. The number of nitrogens with zero attached hydrogens (tertiary/aromatic N) is 4. The summed E-state index contributed by atoms with van der Waals surface area (Å²) in [6.07, 6.45) is 1.49. The van der Waals surface area contributed by atoms with Crippen molar-refractivity contribution in [3.8, 4) is 50.6 Å². The van der Waals surface area contributed by atoms with Crippen LogP contribution in [0.4, 0.5) is 5.82 Å². The first-order valence-corrected chi connectivity index (χ1v) is 16.7. The van der Waals surface area contributed by atoms with E-state index >= 15 is 0 Å². The smallest absolute Gasteiger partial charge is 0.163 e. The molecule has 9 heteroatoms. The summed E-state index contributed by atoms with van der Waals surface area (Å²) < 4.78 is 5.48. The molecule has 50 heavy (non-hydrogen) atoms. The van der Waals surface area contributed by atoms with Crippen LogP contribution in [0.5, 0.6) is 5.75 Å². The van der Waals surface area contributed by atoms with Gasteiger partial charge in [-0.15, -0.1) is 0 Å². The number of rotatable bonds is 5. The maximum Gasteiger partial charge on any atom is 0.163 e. The van der Waals surface area contributed by atoms with Crippen LogP contribution in [0.3, 0.4) is 0 Å². The quantitative estimate of drug-likeness (QED) is 0.174. The molecule has 0 amide bonds. The zero-order chi connectivity index (χ0) is 33.9. The SMILES string of the molecule is COc1ccc2cc(-c3cc(-c4ccc(Cl)cc4)nc4nc(-c5c(-c6ccccc6)[nH]c6ccc(Cl)cc56)c5c(N)ncnc5c34)ccc2c1. The number of benzene rings is 5. The number of halogens is 2. The fraction of sp³-hybridized carbons (Fsp3) is 0.0244. The van der Waals surface area contributed by atoms with E-state index in [1.165, 1.54) is 6.33 Å². The molecule has 0 aliphatic carbocycles. The van der Waals surface area contributed by atoms with E-state index in [1.807, 2.05) is 72.8 Å². The normalized spacial score (nSPS) is 11.6. The Morgan fingerprint density at radius 2 is 1.44 bits per heavy atom. The average Bonchev–Trinajstić information content (AvgIpc) is 3.52. The number of hydrogen-bond acceptors (Lipinski definition) is 6. The summed E-state index contributed by atoms with van der Waals surface area (Å²) in [6.45, 7) is 0. The Bertz CT molecular complexity index is 2780. The molecule has 4 aromatic heterocycles. The van der Waals surface area contributed by atoms with Crippen LogP contribution in [0, 0.1) is 0 Å². The number of nitrogen functional groups attached to an aromatic ring is 1. The highest BCUT2D eigenvalue weighted by Crippen LogP contribution is 2.45. The molecule has 0 unspecified atom stereocenters. The second kappa shape index (κ2) is 11.8. The molecule has 9 rings (SSSR count). The molecular formula is C41H26Cl2N6O. The van der Waals surface area contributed by atoms with Crippen LogP contribution >= 0.6 is 23.2 Å². The Morgan fingerprint density at radius 1 is 0.680 bits per heavy atom. The lowest BCUT2D eigenvalue weighted by molar-refractivity contribution is 0.415. The second-order valence-corrected chi connectivity index (χ2v) is 12.9. The van der Waals surface area contributed by atoms with E-state index < -0.39 is 0 Å². The molecule has 0 saturated carbocycles. The lowest BCUT2D eigenvalue weighted by atomic mass is 9.94. The Kier molecular flexibility index (Phi) is 7.12. The van der Waals surface area contributed by atoms with Gasteiger partial charge in [-0.2, -0.15) is 0 Å². The van der Waals surface area contributed by atoms with Gasteiger partial charge in [0, 0.05) is 32.1 Å². The van der Waals surface area contributed by atoms with Gasteiger partial charge in [0.05, 0.1) is 40.5 Å². The molecule has 4 heterocycles. The number of fused-ring (bicyclic) bond motifs is 5. The highest BCUT2D eigenvalue weighted by Gasteiger charge is 2.25. The number of pyridine rings is 2. The fourth-order valence-corrected chi connectivity index (χ4v) is 7.05. The fourth-order valence-electron chi connectivity index (χ4n) is 6.76. The summed E-state index contributed by atoms with van der Waals surface area (Å²) >= 11 is 12.9. The first kappa shape index (κ1) is 30.1. The lowest BCUT2D eigenvalue weighted by Crippen LogP contribution is -2.02. The van der Waals surface area contributed by atoms with Crippen LogP contribution in [0.25, 0.3) is 88.5 Å². The third kappa shape index (κ3) is 4.98. The standard InChI is InChI=1S/C41H26Cl2N6O/c1-50-29-15-11-24-17-26(8-7-25(24)18-29)30-20-33(22-9-12-27(42)13-10-22)48-41-35(30)38-36(40(44)46-21-45-38)39(49-41)34-31-19-28(43)14-16-32(31)47-37(34)23-5-3-2-4-6-23/h2-21,47H,1H3,(H2,44,45,46). The van der Waals surface area contributed by atoms with E-state index in [9.17, 15) is 0 Å². The number of H-pyrrole nitrogens is 1. The Hall–Kier alpha value is -6.02. The predicted molar refractivity (Wildman–Crippen MR) is 205 cm³/mol. The number of hydrogen-bond donors (Lipinski definition) is 2. The second-order valence-electron chi connectivity index (χ2n) is 12.1. The average molecular weight is 690 g/mol.